The van der Waals surface area contributed by atoms with Crippen molar-refractivity contribution in [1.82, 2.24) is 9.97 Å². The van der Waals surface area contributed by atoms with Gasteiger partial charge in [-0.15, -0.1) is 11.8 Å². The quantitative estimate of drug-likeness (QED) is 0.462. The third-order valence-corrected chi connectivity index (χ3v) is 5.23. The molecule has 0 saturated heterocycles. The minimum Gasteiger partial charge on any atom is -0.426 e. The van der Waals surface area contributed by atoms with Crippen LogP contribution in [0.4, 0.5) is 0 Å². The Balaban J connectivity index is 1.62. The third-order valence-electron chi connectivity index (χ3n) is 4.54. The van der Waals surface area contributed by atoms with Crippen LogP contribution in [0.1, 0.15) is 32.6 Å². The second kappa shape index (κ2) is 7.79. The lowest BCUT2D eigenvalue weighted by atomic mass is 9.83. The first-order chi connectivity index (χ1) is 11.7. The highest BCUT2D eigenvalue weighted by molar-refractivity contribution is 7.98. The highest BCUT2D eigenvalue weighted by Crippen LogP contribution is 2.30. The third kappa shape index (κ3) is 4.15. The molecule has 1 saturated carbocycles. The predicted molar refractivity (Wildman–Crippen MR) is 96.0 cm³/mol. The number of esters is 1. The molecule has 1 aliphatic rings. The number of thioether (sulfide) groups is 1. The second-order valence-electron chi connectivity index (χ2n) is 6.35. The van der Waals surface area contributed by atoms with Crippen molar-refractivity contribution in [2.24, 2.45) is 11.8 Å². The van der Waals surface area contributed by atoms with Crippen LogP contribution in [0.15, 0.2) is 41.6 Å². The molecule has 0 amide bonds. The predicted octanol–water partition coefficient (Wildman–Crippen LogP) is 4.60. The largest absolute Gasteiger partial charge is 0.426 e. The van der Waals surface area contributed by atoms with Crippen molar-refractivity contribution in [2.75, 3.05) is 6.26 Å². The van der Waals surface area contributed by atoms with Gasteiger partial charge in [-0.2, -0.15) is 0 Å². The van der Waals surface area contributed by atoms with E-state index in [0.29, 0.717) is 11.6 Å². The van der Waals surface area contributed by atoms with Crippen molar-refractivity contribution in [2.45, 2.75) is 37.5 Å². The lowest BCUT2D eigenvalue weighted by molar-refractivity contribution is -0.140. The molecule has 1 aliphatic carbocycles. The summed E-state index contributed by atoms with van der Waals surface area (Å²) in [5.41, 5.74) is 0.911. The maximum Gasteiger partial charge on any atom is 0.314 e. The summed E-state index contributed by atoms with van der Waals surface area (Å²) in [5, 5.41) is 0. The van der Waals surface area contributed by atoms with Crippen molar-refractivity contribution in [3.63, 3.8) is 0 Å². The van der Waals surface area contributed by atoms with Crippen molar-refractivity contribution in [1.29, 1.82) is 0 Å². The molecule has 1 aromatic carbocycles. The molecular weight excluding hydrogens is 320 g/mol. The molecule has 126 valence electrons. The summed E-state index contributed by atoms with van der Waals surface area (Å²) in [5.74, 6) is 1.93. The lowest BCUT2D eigenvalue weighted by Gasteiger charge is -2.24. The van der Waals surface area contributed by atoms with Crippen LogP contribution in [0.3, 0.4) is 0 Å². The molecule has 0 bridgehead atoms. The monoisotopic (exact) mass is 342 g/mol. The number of aromatic nitrogens is 2. The van der Waals surface area contributed by atoms with Gasteiger partial charge in [0.1, 0.15) is 5.75 Å². The number of carbonyl (C=O) groups is 1. The van der Waals surface area contributed by atoms with Crippen molar-refractivity contribution in [3.05, 3.63) is 36.7 Å². The van der Waals surface area contributed by atoms with Crippen LogP contribution in [0.25, 0.3) is 11.4 Å². The summed E-state index contributed by atoms with van der Waals surface area (Å²) >= 11 is 1.61. The first kappa shape index (κ1) is 17.0. The molecule has 24 heavy (non-hydrogen) atoms. The molecule has 1 heterocycles. The fraction of sp³-hybridized carbons (Fsp3) is 0.421. The van der Waals surface area contributed by atoms with E-state index in [0.717, 1.165) is 42.1 Å². The highest BCUT2D eigenvalue weighted by Gasteiger charge is 2.25. The van der Waals surface area contributed by atoms with Gasteiger partial charge in [0.15, 0.2) is 5.82 Å². The molecule has 0 aliphatic heterocycles. The Morgan fingerprint density at radius 3 is 2.29 bits per heavy atom. The van der Waals surface area contributed by atoms with Crippen LogP contribution in [0.2, 0.25) is 0 Å². The zero-order valence-corrected chi connectivity index (χ0v) is 14.9. The molecule has 0 atom stereocenters. The fourth-order valence-electron chi connectivity index (χ4n) is 2.94. The summed E-state index contributed by atoms with van der Waals surface area (Å²) in [6, 6.07) is 7.40. The van der Waals surface area contributed by atoms with Crippen molar-refractivity contribution >= 4 is 17.7 Å². The Kier molecular flexibility index (Phi) is 5.51. The van der Waals surface area contributed by atoms with Gasteiger partial charge in [-0.3, -0.25) is 4.79 Å². The maximum absolute atomic E-state index is 12.3. The van der Waals surface area contributed by atoms with E-state index in [1.807, 2.05) is 42.9 Å². The minimum absolute atomic E-state index is 0.0447. The minimum atomic E-state index is -0.102. The summed E-state index contributed by atoms with van der Waals surface area (Å²) in [6.07, 6.45) is 9.72. The first-order valence-electron chi connectivity index (χ1n) is 8.34. The van der Waals surface area contributed by atoms with Gasteiger partial charge in [0.25, 0.3) is 0 Å². The van der Waals surface area contributed by atoms with E-state index in [2.05, 4.69) is 16.9 Å². The van der Waals surface area contributed by atoms with Gasteiger partial charge in [-0.25, -0.2) is 9.97 Å². The van der Waals surface area contributed by atoms with Gasteiger partial charge in [-0.05, 0) is 62.1 Å². The van der Waals surface area contributed by atoms with E-state index in [9.17, 15) is 4.79 Å². The molecule has 0 spiro atoms. The molecule has 3 rings (SSSR count). The van der Waals surface area contributed by atoms with Gasteiger partial charge >= 0.3 is 5.97 Å². The molecule has 0 unspecified atom stereocenters. The molecule has 5 heteroatoms. The number of benzene rings is 1. The zero-order valence-electron chi connectivity index (χ0n) is 14.1. The Labute approximate surface area is 147 Å². The van der Waals surface area contributed by atoms with Crippen LogP contribution < -0.4 is 4.74 Å². The number of hydrogen-bond acceptors (Lipinski definition) is 5. The number of ether oxygens (including phenoxy) is 1. The lowest BCUT2D eigenvalue weighted by Crippen LogP contribution is -2.24. The SMILES string of the molecule is CSc1cnc(-c2ccc(OC(=O)C3CCC(C)CC3)cc2)nc1. The number of nitrogens with zero attached hydrogens (tertiary/aromatic N) is 2. The average Bonchev–Trinajstić information content (AvgIpc) is 2.63. The van der Waals surface area contributed by atoms with Gasteiger partial charge in [-0.1, -0.05) is 6.92 Å². The van der Waals surface area contributed by atoms with E-state index in [1.165, 1.54) is 0 Å². The van der Waals surface area contributed by atoms with Gasteiger partial charge < -0.3 is 4.74 Å². The first-order valence-corrected chi connectivity index (χ1v) is 9.56. The Morgan fingerprint density at radius 1 is 1.08 bits per heavy atom. The molecule has 1 fully saturated rings. The van der Waals surface area contributed by atoms with Crippen LogP contribution in [-0.2, 0) is 4.79 Å². The molecule has 0 radical (unpaired) electrons. The van der Waals surface area contributed by atoms with Crippen LogP contribution in [0.5, 0.6) is 5.75 Å². The van der Waals surface area contributed by atoms with Gasteiger partial charge in [0.2, 0.25) is 0 Å². The van der Waals surface area contributed by atoms with Gasteiger partial charge in [0, 0.05) is 22.9 Å². The molecule has 1 aromatic heterocycles. The topological polar surface area (TPSA) is 52.1 Å². The fourth-order valence-corrected chi connectivity index (χ4v) is 3.25. The number of hydrogen-bond donors (Lipinski definition) is 0. The van der Waals surface area contributed by atoms with E-state index < -0.39 is 0 Å². The molecule has 0 N–H and O–H groups in total. The summed E-state index contributed by atoms with van der Waals surface area (Å²) in [4.78, 5) is 22.0. The summed E-state index contributed by atoms with van der Waals surface area (Å²) < 4.78 is 5.53. The van der Waals surface area contributed by atoms with Crippen LogP contribution in [-0.4, -0.2) is 22.2 Å². The molecule has 2 aromatic rings. The normalized spacial score (nSPS) is 20.6. The van der Waals surface area contributed by atoms with E-state index in [1.54, 1.807) is 11.8 Å². The van der Waals surface area contributed by atoms with E-state index in [4.69, 9.17) is 4.74 Å². The Hall–Kier alpha value is -1.88. The molecule has 4 nitrogen and oxygen atoms in total. The van der Waals surface area contributed by atoms with Crippen LogP contribution >= 0.6 is 11.8 Å². The Bertz CT molecular complexity index is 678. The smallest absolute Gasteiger partial charge is 0.314 e. The van der Waals surface area contributed by atoms with E-state index in [-0.39, 0.29) is 11.9 Å². The second-order valence-corrected chi connectivity index (χ2v) is 7.23. The zero-order chi connectivity index (χ0) is 16.9. The highest BCUT2D eigenvalue weighted by atomic mass is 32.2. The van der Waals surface area contributed by atoms with Gasteiger partial charge in [0.05, 0.1) is 5.92 Å². The maximum atomic E-state index is 12.3. The van der Waals surface area contributed by atoms with Crippen molar-refractivity contribution in [3.8, 4) is 17.1 Å². The van der Waals surface area contributed by atoms with Crippen LogP contribution in [0, 0.1) is 11.8 Å². The molecular formula is C19H22N2O2S. The summed E-state index contributed by atoms with van der Waals surface area (Å²) in [7, 11) is 0. The average molecular weight is 342 g/mol. The Morgan fingerprint density at radius 2 is 1.71 bits per heavy atom. The van der Waals surface area contributed by atoms with Crippen molar-refractivity contribution < 1.29 is 9.53 Å². The standard InChI is InChI=1S/C19H22N2O2S/c1-13-3-5-15(6-4-13)19(22)23-16-9-7-14(8-10-16)18-20-11-17(24-2)12-21-18/h7-13,15H,3-6H2,1-2H3. The number of carbonyl (C=O) groups excluding carboxylic acids is 1. The summed E-state index contributed by atoms with van der Waals surface area (Å²) in [6.45, 7) is 2.24. The number of rotatable bonds is 4. The van der Waals surface area contributed by atoms with E-state index >= 15 is 0 Å².